The van der Waals surface area contributed by atoms with Gasteiger partial charge < -0.3 is 20.5 Å². The number of benzene rings is 2. The van der Waals surface area contributed by atoms with E-state index in [9.17, 15) is 18.3 Å². The van der Waals surface area contributed by atoms with E-state index in [4.69, 9.17) is 0 Å². The minimum absolute atomic E-state index is 0.137. The van der Waals surface area contributed by atoms with Gasteiger partial charge in [-0.15, -0.1) is 13.2 Å². The number of alkyl halides is 3. The number of anilines is 3. The fourth-order valence-electron chi connectivity index (χ4n) is 3.04. The van der Waals surface area contributed by atoms with Gasteiger partial charge in [0, 0.05) is 23.4 Å². The van der Waals surface area contributed by atoms with E-state index in [0.29, 0.717) is 17.1 Å². The number of aryl methyl sites for hydroxylation is 2. The SMILES string of the molecule is Cc1cc(C)cc(Nc2cc(-c3cccc(OC(F)(F)F)c3)nc(N[C@H](C)CO)n2)c1. The van der Waals surface area contributed by atoms with Gasteiger partial charge in [0.05, 0.1) is 12.3 Å². The van der Waals surface area contributed by atoms with Gasteiger partial charge in [-0.2, -0.15) is 4.98 Å². The van der Waals surface area contributed by atoms with E-state index in [1.165, 1.54) is 18.2 Å². The van der Waals surface area contributed by atoms with Crippen LogP contribution in [0, 0.1) is 13.8 Å². The Bertz CT molecular complexity index is 1040. The van der Waals surface area contributed by atoms with Gasteiger partial charge in [-0.05, 0) is 56.2 Å². The molecule has 0 unspecified atom stereocenters. The van der Waals surface area contributed by atoms with Crippen molar-refractivity contribution in [2.45, 2.75) is 33.2 Å². The highest BCUT2D eigenvalue weighted by atomic mass is 19.4. The van der Waals surface area contributed by atoms with Crippen molar-refractivity contribution >= 4 is 17.5 Å². The average molecular weight is 432 g/mol. The number of rotatable bonds is 7. The van der Waals surface area contributed by atoms with E-state index in [0.717, 1.165) is 16.8 Å². The van der Waals surface area contributed by atoms with Crippen LogP contribution in [-0.2, 0) is 0 Å². The lowest BCUT2D eigenvalue weighted by atomic mass is 10.1. The normalized spacial score (nSPS) is 12.4. The summed E-state index contributed by atoms with van der Waals surface area (Å²) in [6.07, 6.45) is -4.79. The fourth-order valence-corrected chi connectivity index (χ4v) is 3.04. The first-order valence-corrected chi connectivity index (χ1v) is 9.59. The van der Waals surface area contributed by atoms with Gasteiger partial charge in [-0.3, -0.25) is 0 Å². The Morgan fingerprint density at radius 1 is 1.03 bits per heavy atom. The van der Waals surface area contributed by atoms with Crippen molar-refractivity contribution in [3.63, 3.8) is 0 Å². The van der Waals surface area contributed by atoms with Crippen LogP contribution in [0.3, 0.4) is 0 Å². The number of hydrogen-bond acceptors (Lipinski definition) is 6. The third-order valence-electron chi connectivity index (χ3n) is 4.23. The summed E-state index contributed by atoms with van der Waals surface area (Å²) in [5, 5.41) is 15.5. The average Bonchev–Trinajstić information content (AvgIpc) is 2.65. The maximum Gasteiger partial charge on any atom is 0.573 e. The van der Waals surface area contributed by atoms with Crippen LogP contribution in [0.15, 0.2) is 48.5 Å². The first-order chi connectivity index (χ1) is 14.6. The highest BCUT2D eigenvalue weighted by Gasteiger charge is 2.31. The van der Waals surface area contributed by atoms with E-state index in [1.54, 1.807) is 19.1 Å². The lowest BCUT2D eigenvalue weighted by Crippen LogP contribution is -2.21. The van der Waals surface area contributed by atoms with Gasteiger partial charge >= 0.3 is 6.36 Å². The highest BCUT2D eigenvalue weighted by molar-refractivity contribution is 5.68. The van der Waals surface area contributed by atoms with Crippen LogP contribution in [0.4, 0.5) is 30.6 Å². The molecule has 3 rings (SSSR count). The van der Waals surface area contributed by atoms with Crippen molar-refractivity contribution in [3.05, 3.63) is 59.7 Å². The van der Waals surface area contributed by atoms with Crippen molar-refractivity contribution in [2.24, 2.45) is 0 Å². The third kappa shape index (κ3) is 6.58. The summed E-state index contributed by atoms with van der Waals surface area (Å²) in [4.78, 5) is 8.82. The molecular formula is C22H23F3N4O2. The zero-order valence-electron chi connectivity index (χ0n) is 17.3. The highest BCUT2D eigenvalue weighted by Crippen LogP contribution is 2.29. The molecule has 0 radical (unpaired) electrons. The van der Waals surface area contributed by atoms with E-state index in [2.05, 4.69) is 25.3 Å². The van der Waals surface area contributed by atoms with Crippen molar-refractivity contribution in [3.8, 4) is 17.0 Å². The summed E-state index contributed by atoms with van der Waals surface area (Å²) in [6, 6.07) is 12.8. The molecule has 1 heterocycles. The summed E-state index contributed by atoms with van der Waals surface area (Å²) < 4.78 is 41.8. The molecule has 0 bridgehead atoms. The second kappa shape index (κ2) is 9.22. The summed E-state index contributed by atoms with van der Waals surface area (Å²) in [5.41, 5.74) is 3.77. The van der Waals surface area contributed by atoms with E-state index in [-0.39, 0.29) is 24.3 Å². The van der Waals surface area contributed by atoms with Gasteiger partial charge in [0.2, 0.25) is 5.95 Å². The number of halogens is 3. The minimum atomic E-state index is -4.79. The molecule has 0 amide bonds. The first-order valence-electron chi connectivity index (χ1n) is 9.59. The maximum absolute atomic E-state index is 12.6. The molecule has 31 heavy (non-hydrogen) atoms. The Labute approximate surface area is 178 Å². The number of nitrogens with one attached hydrogen (secondary N) is 2. The molecule has 3 N–H and O–H groups in total. The molecule has 0 aliphatic heterocycles. The van der Waals surface area contributed by atoms with Gasteiger partial charge in [-0.1, -0.05) is 18.2 Å². The Morgan fingerprint density at radius 2 is 1.74 bits per heavy atom. The number of aromatic nitrogens is 2. The lowest BCUT2D eigenvalue weighted by Gasteiger charge is -2.15. The summed E-state index contributed by atoms with van der Waals surface area (Å²) in [6.45, 7) is 5.57. The van der Waals surface area contributed by atoms with Crippen LogP contribution in [0.5, 0.6) is 5.75 Å². The van der Waals surface area contributed by atoms with Gasteiger partial charge in [0.15, 0.2) is 0 Å². The summed E-state index contributed by atoms with van der Waals surface area (Å²) in [7, 11) is 0. The standard InChI is InChI=1S/C22H23F3N4O2/c1-13-7-14(2)9-17(8-13)27-20-11-19(28-21(29-20)26-15(3)12-30)16-5-4-6-18(10-16)31-22(23,24)25/h4-11,15,30H,12H2,1-3H3,(H2,26,27,28,29)/t15-/m1/s1. The molecule has 6 nitrogen and oxygen atoms in total. The predicted molar refractivity (Wildman–Crippen MR) is 114 cm³/mol. The molecule has 1 aromatic heterocycles. The molecule has 164 valence electrons. The molecule has 0 saturated heterocycles. The molecule has 0 aliphatic rings. The van der Waals surface area contributed by atoms with Crippen LogP contribution >= 0.6 is 0 Å². The van der Waals surface area contributed by atoms with Crippen molar-refractivity contribution < 1.29 is 23.0 Å². The Balaban J connectivity index is 2.00. The number of nitrogens with zero attached hydrogens (tertiary/aromatic N) is 2. The molecule has 0 fully saturated rings. The number of ether oxygens (including phenoxy) is 1. The smallest absolute Gasteiger partial charge is 0.406 e. The Kier molecular flexibility index (Phi) is 6.65. The van der Waals surface area contributed by atoms with Crippen molar-refractivity contribution in [2.75, 3.05) is 17.2 Å². The molecule has 1 atom stereocenters. The molecule has 0 aliphatic carbocycles. The maximum atomic E-state index is 12.6. The second-order valence-corrected chi connectivity index (χ2v) is 7.27. The Hall–Kier alpha value is -3.33. The molecule has 2 aromatic carbocycles. The molecule has 0 saturated carbocycles. The largest absolute Gasteiger partial charge is 0.573 e. The molecule has 9 heteroatoms. The minimum Gasteiger partial charge on any atom is -0.406 e. The lowest BCUT2D eigenvalue weighted by molar-refractivity contribution is -0.274. The molecular weight excluding hydrogens is 409 g/mol. The number of aliphatic hydroxyl groups excluding tert-OH is 1. The van der Waals surface area contributed by atoms with Crippen LogP contribution in [0.25, 0.3) is 11.3 Å². The fraction of sp³-hybridized carbons (Fsp3) is 0.273. The summed E-state index contributed by atoms with van der Waals surface area (Å²) >= 11 is 0. The van der Waals surface area contributed by atoms with Crippen LogP contribution in [0.1, 0.15) is 18.1 Å². The summed E-state index contributed by atoms with van der Waals surface area (Å²) in [5.74, 6) is 0.337. The van der Waals surface area contributed by atoms with Crippen LogP contribution in [-0.4, -0.2) is 34.1 Å². The Morgan fingerprint density at radius 3 is 2.39 bits per heavy atom. The van der Waals surface area contributed by atoms with Gasteiger partial charge in [0.1, 0.15) is 11.6 Å². The topological polar surface area (TPSA) is 79.3 Å². The molecule has 0 spiro atoms. The molecule has 3 aromatic rings. The monoisotopic (exact) mass is 432 g/mol. The van der Waals surface area contributed by atoms with Crippen molar-refractivity contribution in [1.29, 1.82) is 0 Å². The first kappa shape index (κ1) is 22.4. The van der Waals surface area contributed by atoms with E-state index < -0.39 is 6.36 Å². The number of aliphatic hydroxyl groups is 1. The number of hydrogen-bond donors (Lipinski definition) is 3. The van der Waals surface area contributed by atoms with Crippen LogP contribution in [0.2, 0.25) is 0 Å². The quantitative estimate of drug-likeness (QED) is 0.477. The van der Waals surface area contributed by atoms with E-state index in [1.807, 2.05) is 32.0 Å². The predicted octanol–water partition coefficient (Wildman–Crippen LogP) is 5.20. The van der Waals surface area contributed by atoms with E-state index >= 15 is 0 Å². The van der Waals surface area contributed by atoms with Crippen LogP contribution < -0.4 is 15.4 Å². The zero-order valence-corrected chi connectivity index (χ0v) is 17.3. The van der Waals surface area contributed by atoms with Gasteiger partial charge in [-0.25, -0.2) is 4.98 Å². The second-order valence-electron chi connectivity index (χ2n) is 7.27. The zero-order chi connectivity index (χ0) is 22.6. The van der Waals surface area contributed by atoms with Gasteiger partial charge in [0.25, 0.3) is 0 Å². The van der Waals surface area contributed by atoms with Crippen molar-refractivity contribution in [1.82, 2.24) is 9.97 Å². The third-order valence-corrected chi connectivity index (χ3v) is 4.23.